The standard InChI is InChI=1S/C22H24N2O3/c1-14-3-6-17(15(2)11-14)7-10-20(25)23-19-8-4-16(5-9-19)12-18-13-21(26)24-22(18)27/h3-6,8-9,11,18H,7,10,12-13H2,1-2H3,(H,23,25)(H,24,26,27). The summed E-state index contributed by atoms with van der Waals surface area (Å²) >= 11 is 0. The van der Waals surface area contributed by atoms with Crippen LogP contribution in [0, 0.1) is 19.8 Å². The molecule has 0 aromatic heterocycles. The first kappa shape index (κ1) is 18.8. The average molecular weight is 364 g/mol. The minimum atomic E-state index is -0.296. The Morgan fingerprint density at radius 2 is 1.85 bits per heavy atom. The number of rotatable bonds is 6. The predicted octanol–water partition coefficient (Wildman–Crippen LogP) is 3.08. The molecule has 2 aromatic rings. The molecule has 1 atom stereocenters. The summed E-state index contributed by atoms with van der Waals surface area (Å²) in [4.78, 5) is 35.1. The van der Waals surface area contributed by atoms with Gasteiger partial charge in [-0.3, -0.25) is 19.7 Å². The summed E-state index contributed by atoms with van der Waals surface area (Å²) in [7, 11) is 0. The third-order valence-electron chi connectivity index (χ3n) is 4.90. The summed E-state index contributed by atoms with van der Waals surface area (Å²) in [6, 6.07) is 13.7. The summed E-state index contributed by atoms with van der Waals surface area (Å²) < 4.78 is 0. The van der Waals surface area contributed by atoms with E-state index in [4.69, 9.17) is 0 Å². The Labute approximate surface area is 159 Å². The fourth-order valence-corrected chi connectivity index (χ4v) is 3.38. The third-order valence-corrected chi connectivity index (χ3v) is 4.90. The number of hydrogen-bond donors (Lipinski definition) is 2. The van der Waals surface area contributed by atoms with Crippen LogP contribution in [0.3, 0.4) is 0 Å². The van der Waals surface area contributed by atoms with Crippen molar-refractivity contribution in [3.8, 4) is 0 Å². The summed E-state index contributed by atoms with van der Waals surface area (Å²) in [5.41, 5.74) is 5.33. The molecule has 0 bridgehead atoms. The van der Waals surface area contributed by atoms with Gasteiger partial charge in [0.1, 0.15) is 0 Å². The molecule has 27 heavy (non-hydrogen) atoms. The third kappa shape index (κ3) is 5.03. The van der Waals surface area contributed by atoms with Crippen LogP contribution >= 0.6 is 0 Å². The Morgan fingerprint density at radius 1 is 1.11 bits per heavy atom. The molecule has 5 heteroatoms. The van der Waals surface area contributed by atoms with Crippen LogP contribution in [0.15, 0.2) is 42.5 Å². The molecule has 5 nitrogen and oxygen atoms in total. The van der Waals surface area contributed by atoms with Gasteiger partial charge < -0.3 is 5.32 Å². The molecule has 1 fully saturated rings. The van der Waals surface area contributed by atoms with E-state index in [1.165, 1.54) is 16.7 Å². The number of carbonyl (C=O) groups excluding carboxylic acids is 3. The molecule has 140 valence electrons. The van der Waals surface area contributed by atoms with Crippen LogP contribution in [0.4, 0.5) is 5.69 Å². The van der Waals surface area contributed by atoms with Gasteiger partial charge >= 0.3 is 0 Å². The van der Waals surface area contributed by atoms with E-state index >= 15 is 0 Å². The van der Waals surface area contributed by atoms with Gasteiger partial charge in [-0.05, 0) is 55.5 Å². The average Bonchev–Trinajstić information content (AvgIpc) is 2.93. The number of benzene rings is 2. The molecule has 1 heterocycles. The van der Waals surface area contributed by atoms with Crippen LogP contribution in [-0.2, 0) is 27.2 Å². The highest BCUT2D eigenvalue weighted by Gasteiger charge is 2.30. The molecule has 0 saturated carbocycles. The van der Waals surface area contributed by atoms with Gasteiger partial charge in [-0.25, -0.2) is 0 Å². The first-order valence-corrected chi connectivity index (χ1v) is 9.19. The molecular formula is C22H24N2O3. The van der Waals surface area contributed by atoms with E-state index in [2.05, 4.69) is 42.7 Å². The molecule has 3 rings (SSSR count). The highest BCUT2D eigenvalue weighted by Crippen LogP contribution is 2.19. The van der Waals surface area contributed by atoms with Crippen molar-refractivity contribution in [2.45, 2.75) is 39.5 Å². The van der Waals surface area contributed by atoms with Gasteiger partial charge in [-0.15, -0.1) is 0 Å². The van der Waals surface area contributed by atoms with Crippen LogP contribution in [0.25, 0.3) is 0 Å². The zero-order valence-corrected chi connectivity index (χ0v) is 15.7. The van der Waals surface area contributed by atoms with E-state index in [-0.39, 0.29) is 30.1 Å². The van der Waals surface area contributed by atoms with Crippen molar-refractivity contribution in [1.29, 1.82) is 0 Å². The highest BCUT2D eigenvalue weighted by molar-refractivity contribution is 6.03. The number of amides is 3. The number of anilines is 1. The van der Waals surface area contributed by atoms with E-state index in [0.29, 0.717) is 19.3 Å². The van der Waals surface area contributed by atoms with Gasteiger partial charge in [0.25, 0.3) is 0 Å². The molecule has 0 spiro atoms. The largest absolute Gasteiger partial charge is 0.326 e. The van der Waals surface area contributed by atoms with E-state index in [1.807, 2.05) is 24.3 Å². The highest BCUT2D eigenvalue weighted by atomic mass is 16.2. The van der Waals surface area contributed by atoms with Gasteiger partial charge in [0.05, 0.1) is 5.92 Å². The van der Waals surface area contributed by atoms with Crippen LogP contribution in [0.5, 0.6) is 0 Å². The quantitative estimate of drug-likeness (QED) is 0.774. The topological polar surface area (TPSA) is 75.3 Å². The Morgan fingerprint density at radius 3 is 2.48 bits per heavy atom. The van der Waals surface area contributed by atoms with Crippen LogP contribution in [0.2, 0.25) is 0 Å². The minimum Gasteiger partial charge on any atom is -0.326 e. The van der Waals surface area contributed by atoms with E-state index in [9.17, 15) is 14.4 Å². The van der Waals surface area contributed by atoms with E-state index in [1.54, 1.807) is 0 Å². The van der Waals surface area contributed by atoms with Gasteiger partial charge in [0, 0.05) is 18.5 Å². The molecule has 2 N–H and O–H groups in total. The molecule has 1 saturated heterocycles. The first-order chi connectivity index (χ1) is 12.9. The first-order valence-electron chi connectivity index (χ1n) is 9.19. The maximum Gasteiger partial charge on any atom is 0.230 e. The van der Waals surface area contributed by atoms with Gasteiger partial charge in [0.15, 0.2) is 0 Å². The zero-order valence-electron chi connectivity index (χ0n) is 15.7. The summed E-state index contributed by atoms with van der Waals surface area (Å²) in [6.07, 6.45) is 1.91. The fourth-order valence-electron chi connectivity index (χ4n) is 3.38. The zero-order chi connectivity index (χ0) is 19.4. The number of hydrogen-bond acceptors (Lipinski definition) is 3. The summed E-state index contributed by atoms with van der Waals surface area (Å²) in [5, 5.41) is 5.23. The second-order valence-corrected chi connectivity index (χ2v) is 7.19. The lowest BCUT2D eigenvalue weighted by atomic mass is 9.98. The SMILES string of the molecule is Cc1ccc(CCC(=O)Nc2ccc(CC3CC(=O)NC3=O)cc2)c(C)c1. The van der Waals surface area contributed by atoms with E-state index < -0.39 is 0 Å². The maximum atomic E-state index is 12.2. The molecule has 0 aliphatic carbocycles. The second-order valence-electron chi connectivity index (χ2n) is 7.19. The van der Waals surface area contributed by atoms with E-state index in [0.717, 1.165) is 11.3 Å². The van der Waals surface area contributed by atoms with Crippen molar-refractivity contribution in [1.82, 2.24) is 5.32 Å². The summed E-state index contributed by atoms with van der Waals surface area (Å²) in [5.74, 6) is -0.736. The lowest BCUT2D eigenvalue weighted by Gasteiger charge is -2.10. The fraction of sp³-hybridized carbons (Fsp3) is 0.318. The lowest BCUT2D eigenvalue weighted by molar-refractivity contribution is -0.125. The lowest BCUT2D eigenvalue weighted by Crippen LogP contribution is -2.22. The smallest absolute Gasteiger partial charge is 0.230 e. The molecule has 0 radical (unpaired) electrons. The maximum absolute atomic E-state index is 12.2. The van der Waals surface area contributed by atoms with Crippen molar-refractivity contribution < 1.29 is 14.4 Å². The van der Waals surface area contributed by atoms with Crippen molar-refractivity contribution in [3.05, 3.63) is 64.7 Å². The number of carbonyl (C=O) groups is 3. The van der Waals surface area contributed by atoms with Crippen LogP contribution < -0.4 is 10.6 Å². The van der Waals surface area contributed by atoms with Crippen molar-refractivity contribution in [3.63, 3.8) is 0 Å². The van der Waals surface area contributed by atoms with Gasteiger partial charge in [-0.2, -0.15) is 0 Å². The van der Waals surface area contributed by atoms with Crippen LogP contribution in [-0.4, -0.2) is 17.7 Å². The van der Waals surface area contributed by atoms with Crippen LogP contribution in [0.1, 0.15) is 35.1 Å². The molecule has 2 aromatic carbocycles. The Kier molecular flexibility index (Phi) is 5.69. The molecular weight excluding hydrogens is 340 g/mol. The molecule has 1 unspecified atom stereocenters. The Hall–Kier alpha value is -2.95. The molecule has 1 aliphatic rings. The Balaban J connectivity index is 1.51. The Bertz CT molecular complexity index is 872. The monoisotopic (exact) mass is 364 g/mol. The minimum absolute atomic E-state index is 0.0245. The predicted molar refractivity (Wildman–Crippen MR) is 104 cm³/mol. The second kappa shape index (κ2) is 8.16. The number of imide groups is 1. The van der Waals surface area contributed by atoms with Gasteiger partial charge in [-0.1, -0.05) is 35.9 Å². The summed E-state index contributed by atoms with van der Waals surface area (Å²) in [6.45, 7) is 4.13. The molecule has 3 amide bonds. The van der Waals surface area contributed by atoms with Crippen molar-refractivity contribution in [2.24, 2.45) is 5.92 Å². The number of nitrogens with one attached hydrogen (secondary N) is 2. The van der Waals surface area contributed by atoms with Crippen molar-refractivity contribution >= 4 is 23.4 Å². The number of aryl methyl sites for hydroxylation is 3. The van der Waals surface area contributed by atoms with Gasteiger partial charge in [0.2, 0.25) is 17.7 Å². The normalized spacial score (nSPS) is 16.3. The molecule has 1 aliphatic heterocycles. The van der Waals surface area contributed by atoms with Crippen molar-refractivity contribution in [2.75, 3.05) is 5.32 Å².